The molecule has 1 N–H and O–H groups in total. The number of nitrogens with one attached hydrogen (secondary N) is 1. The summed E-state index contributed by atoms with van der Waals surface area (Å²) >= 11 is 0. The Hall–Kier alpha value is -0.720. The maximum Gasteiger partial charge on any atom is 0.138 e. The molecule has 0 radical (unpaired) electrons. The van der Waals surface area contributed by atoms with E-state index in [1.807, 2.05) is 7.05 Å². The van der Waals surface area contributed by atoms with Gasteiger partial charge in [0.1, 0.15) is 11.9 Å². The van der Waals surface area contributed by atoms with Crippen LogP contribution in [0.4, 0.5) is 0 Å². The molecule has 2 unspecified atom stereocenters. The van der Waals surface area contributed by atoms with Crippen LogP contribution in [0.1, 0.15) is 19.8 Å². The topological polar surface area (TPSA) is 21.3 Å². The van der Waals surface area contributed by atoms with Crippen LogP contribution in [0.3, 0.4) is 0 Å². The summed E-state index contributed by atoms with van der Waals surface area (Å²) in [6.07, 6.45) is 4.54. The van der Waals surface area contributed by atoms with Gasteiger partial charge in [-0.3, -0.25) is 0 Å². The van der Waals surface area contributed by atoms with E-state index in [1.54, 1.807) is 0 Å². The molecule has 1 aliphatic carbocycles. The van der Waals surface area contributed by atoms with E-state index in [-0.39, 0.29) is 5.54 Å². The first-order valence-electron chi connectivity index (χ1n) is 4.13. The molecular weight excluding hydrogens is 138 g/mol. The molecule has 0 saturated heterocycles. The Labute approximate surface area is 66.9 Å². The Bertz CT molecular complexity index is 236. The monoisotopic (exact) mass is 151 g/mol. The van der Waals surface area contributed by atoms with Gasteiger partial charge in [-0.15, -0.1) is 0 Å². The molecule has 0 bridgehead atoms. The first kappa shape index (κ1) is 6.96. The van der Waals surface area contributed by atoms with Crippen LogP contribution >= 0.6 is 0 Å². The molecule has 11 heavy (non-hydrogen) atoms. The van der Waals surface area contributed by atoms with Crippen molar-refractivity contribution < 1.29 is 4.74 Å². The van der Waals surface area contributed by atoms with E-state index >= 15 is 0 Å². The van der Waals surface area contributed by atoms with Crippen LogP contribution in [0.2, 0.25) is 0 Å². The lowest BCUT2D eigenvalue weighted by atomic mass is 10.2. The lowest BCUT2D eigenvalue weighted by Gasteiger charge is -2.15. The number of fused-ring (bicyclic) bond motifs is 1. The largest absolute Gasteiger partial charge is 0.484 e. The fraction of sp³-hybridized carbons (Fsp3) is 0.667. The SMILES string of the molecule is CCC1=C=CC2(NC)CC2O1. The first-order valence-corrected chi connectivity index (χ1v) is 4.13. The molecule has 1 heterocycles. The Morgan fingerprint density at radius 2 is 2.73 bits per heavy atom. The van der Waals surface area contributed by atoms with Gasteiger partial charge in [0.05, 0.1) is 5.54 Å². The van der Waals surface area contributed by atoms with Crippen molar-refractivity contribution >= 4 is 0 Å². The highest BCUT2D eigenvalue weighted by Crippen LogP contribution is 2.43. The summed E-state index contributed by atoms with van der Waals surface area (Å²) in [4.78, 5) is 0. The Balaban J connectivity index is 2.20. The van der Waals surface area contributed by atoms with Crippen molar-refractivity contribution in [1.29, 1.82) is 0 Å². The average Bonchev–Trinajstić information content (AvgIpc) is 2.77. The van der Waals surface area contributed by atoms with Crippen molar-refractivity contribution in [3.63, 3.8) is 0 Å². The standard InChI is InChI=1S/C9H13NO/c1-3-7-4-5-9(10-2)6-8(9)11-7/h5,8,10H,3,6H2,1-2H3. The highest BCUT2D eigenvalue weighted by atomic mass is 16.5. The minimum Gasteiger partial charge on any atom is -0.484 e. The smallest absolute Gasteiger partial charge is 0.138 e. The lowest BCUT2D eigenvalue weighted by Crippen LogP contribution is -2.31. The van der Waals surface area contributed by atoms with E-state index in [2.05, 4.69) is 24.0 Å². The van der Waals surface area contributed by atoms with Crippen LogP contribution in [0, 0.1) is 0 Å². The maximum absolute atomic E-state index is 5.62. The first-order chi connectivity index (χ1) is 5.30. The van der Waals surface area contributed by atoms with E-state index in [0.717, 1.165) is 18.6 Å². The van der Waals surface area contributed by atoms with Crippen molar-refractivity contribution in [2.75, 3.05) is 7.05 Å². The molecule has 2 heteroatoms. The predicted molar refractivity (Wildman–Crippen MR) is 43.2 cm³/mol. The van der Waals surface area contributed by atoms with Gasteiger partial charge in [-0.05, 0) is 13.1 Å². The predicted octanol–water partition coefficient (Wildman–Crippen LogP) is 1.20. The quantitative estimate of drug-likeness (QED) is 0.599. The van der Waals surface area contributed by atoms with Gasteiger partial charge >= 0.3 is 0 Å². The molecule has 2 nitrogen and oxygen atoms in total. The van der Waals surface area contributed by atoms with E-state index in [1.165, 1.54) is 0 Å². The molecule has 0 aromatic carbocycles. The molecule has 1 aliphatic heterocycles. The fourth-order valence-corrected chi connectivity index (χ4v) is 1.48. The van der Waals surface area contributed by atoms with Gasteiger partial charge in [0.15, 0.2) is 0 Å². The third kappa shape index (κ3) is 0.907. The van der Waals surface area contributed by atoms with Crippen molar-refractivity contribution in [2.24, 2.45) is 0 Å². The third-order valence-corrected chi connectivity index (χ3v) is 2.50. The molecular formula is C9H13NO. The van der Waals surface area contributed by atoms with Crippen LogP contribution in [0.15, 0.2) is 17.6 Å². The summed E-state index contributed by atoms with van der Waals surface area (Å²) in [5, 5.41) is 3.24. The van der Waals surface area contributed by atoms with Crippen LogP contribution in [-0.4, -0.2) is 18.7 Å². The van der Waals surface area contributed by atoms with Crippen molar-refractivity contribution in [3.8, 4) is 0 Å². The van der Waals surface area contributed by atoms with Crippen molar-refractivity contribution in [1.82, 2.24) is 5.32 Å². The Morgan fingerprint density at radius 3 is 3.27 bits per heavy atom. The van der Waals surface area contributed by atoms with E-state index < -0.39 is 0 Å². The summed E-state index contributed by atoms with van der Waals surface area (Å²) in [5.41, 5.74) is 3.30. The zero-order valence-electron chi connectivity index (χ0n) is 6.98. The third-order valence-electron chi connectivity index (χ3n) is 2.50. The summed E-state index contributed by atoms with van der Waals surface area (Å²) in [6, 6.07) is 0. The number of hydrogen-bond donors (Lipinski definition) is 1. The molecule has 1 saturated carbocycles. The average molecular weight is 151 g/mol. The second-order valence-corrected chi connectivity index (χ2v) is 3.17. The molecule has 0 aromatic heterocycles. The molecule has 60 valence electrons. The Kier molecular flexibility index (Phi) is 1.35. The van der Waals surface area contributed by atoms with Crippen molar-refractivity contribution in [2.45, 2.75) is 31.4 Å². The van der Waals surface area contributed by atoms with Gasteiger partial charge in [-0.2, -0.15) is 0 Å². The zero-order valence-corrected chi connectivity index (χ0v) is 6.98. The van der Waals surface area contributed by atoms with E-state index in [0.29, 0.717) is 6.10 Å². The van der Waals surface area contributed by atoms with Crippen molar-refractivity contribution in [3.05, 3.63) is 17.6 Å². The summed E-state index contributed by atoms with van der Waals surface area (Å²) in [7, 11) is 1.97. The molecule has 1 fully saturated rings. The van der Waals surface area contributed by atoms with Crippen LogP contribution in [0.25, 0.3) is 0 Å². The minimum absolute atomic E-state index is 0.138. The maximum atomic E-state index is 5.62. The lowest BCUT2D eigenvalue weighted by molar-refractivity contribution is 0.166. The van der Waals surface area contributed by atoms with Crippen LogP contribution < -0.4 is 5.32 Å². The summed E-state index contributed by atoms with van der Waals surface area (Å²) < 4.78 is 5.62. The van der Waals surface area contributed by atoms with E-state index in [9.17, 15) is 0 Å². The molecule has 2 rings (SSSR count). The molecule has 0 aromatic rings. The van der Waals surface area contributed by atoms with E-state index in [4.69, 9.17) is 4.74 Å². The summed E-state index contributed by atoms with van der Waals surface area (Å²) in [6.45, 7) is 2.09. The zero-order chi connectivity index (χ0) is 7.90. The molecule has 2 atom stereocenters. The number of ether oxygens (including phenoxy) is 1. The Morgan fingerprint density at radius 1 is 1.91 bits per heavy atom. The highest BCUT2D eigenvalue weighted by Gasteiger charge is 2.55. The van der Waals surface area contributed by atoms with Gasteiger partial charge in [0.25, 0.3) is 0 Å². The number of hydrogen-bond acceptors (Lipinski definition) is 2. The minimum atomic E-state index is 0.138. The van der Waals surface area contributed by atoms with Crippen LogP contribution in [-0.2, 0) is 4.74 Å². The fourth-order valence-electron chi connectivity index (χ4n) is 1.48. The second-order valence-electron chi connectivity index (χ2n) is 3.17. The van der Waals surface area contributed by atoms with Gasteiger partial charge in [0, 0.05) is 12.8 Å². The van der Waals surface area contributed by atoms with Gasteiger partial charge in [-0.25, -0.2) is 0 Å². The normalized spacial score (nSPS) is 39.1. The summed E-state index contributed by atoms with van der Waals surface area (Å²) in [5.74, 6) is 0.998. The van der Waals surface area contributed by atoms with Gasteiger partial charge in [-0.1, -0.05) is 12.7 Å². The van der Waals surface area contributed by atoms with Gasteiger partial charge < -0.3 is 10.1 Å². The highest BCUT2D eigenvalue weighted by molar-refractivity contribution is 5.28. The molecule has 2 aliphatic rings. The molecule has 0 amide bonds. The number of likely N-dealkylation sites (N-methyl/N-ethyl adjacent to an activating group) is 1. The van der Waals surface area contributed by atoms with Crippen LogP contribution in [0.5, 0.6) is 0 Å². The second kappa shape index (κ2) is 2.13. The molecule has 0 spiro atoms. The number of rotatable bonds is 2. The van der Waals surface area contributed by atoms with Gasteiger partial charge in [0.2, 0.25) is 0 Å².